The van der Waals surface area contributed by atoms with E-state index in [1.54, 1.807) is 6.92 Å². The van der Waals surface area contributed by atoms with E-state index in [1.807, 2.05) is 24.0 Å². The number of nitrogens with zero attached hydrogens (tertiary/aromatic N) is 1. The van der Waals surface area contributed by atoms with Crippen molar-refractivity contribution in [3.8, 4) is 5.75 Å². The number of fused-ring (bicyclic) bond motifs is 4. The van der Waals surface area contributed by atoms with Gasteiger partial charge in [0.05, 0.1) is 5.60 Å². The number of aliphatic hydroxyl groups is 1. The molecular weight excluding hydrogens is 394 g/mol. The lowest BCUT2D eigenvalue weighted by Crippen LogP contribution is -2.56. The highest BCUT2D eigenvalue weighted by Gasteiger charge is 2.44. The highest BCUT2D eigenvalue weighted by molar-refractivity contribution is 5.87. The van der Waals surface area contributed by atoms with Crippen molar-refractivity contribution in [3.05, 3.63) is 39.2 Å². The van der Waals surface area contributed by atoms with Crippen molar-refractivity contribution in [2.24, 2.45) is 5.92 Å². The summed E-state index contributed by atoms with van der Waals surface area (Å²) >= 11 is 0. The lowest BCUT2D eigenvalue weighted by molar-refractivity contribution is -0.149. The van der Waals surface area contributed by atoms with E-state index in [0.717, 1.165) is 67.0 Å². The van der Waals surface area contributed by atoms with Gasteiger partial charge in [0, 0.05) is 35.5 Å². The number of likely N-dealkylation sites (tertiary alicyclic amines) is 1. The Hall–Kier alpha value is -2.34. The Bertz CT molecular complexity index is 1090. The lowest BCUT2D eigenvalue weighted by Gasteiger charge is -2.47. The predicted molar refractivity (Wildman–Crippen MR) is 117 cm³/mol. The average Bonchev–Trinajstić information content (AvgIpc) is 3.26. The van der Waals surface area contributed by atoms with Crippen LogP contribution >= 0.6 is 0 Å². The molecule has 166 valence electrons. The summed E-state index contributed by atoms with van der Waals surface area (Å²) in [6.07, 6.45) is 6.66. The highest BCUT2D eigenvalue weighted by Crippen LogP contribution is 2.40. The van der Waals surface area contributed by atoms with Crippen LogP contribution in [0.15, 0.2) is 21.3 Å². The zero-order valence-corrected chi connectivity index (χ0v) is 18.4. The molecule has 1 aromatic heterocycles. The molecule has 6 heteroatoms. The number of carbonyl (C=O) groups excluding carboxylic acids is 1. The summed E-state index contributed by atoms with van der Waals surface area (Å²) in [6, 6.07) is 3.83. The van der Waals surface area contributed by atoms with Gasteiger partial charge in [-0.3, -0.25) is 4.79 Å². The molecule has 1 aromatic carbocycles. The number of ether oxygens (including phenoxy) is 1. The summed E-state index contributed by atoms with van der Waals surface area (Å²) in [5, 5.41) is 11.9. The number of benzene rings is 1. The molecule has 1 saturated heterocycles. The minimum Gasteiger partial charge on any atom is -0.480 e. The molecule has 2 aromatic rings. The zero-order valence-electron chi connectivity index (χ0n) is 18.4. The first-order valence-electron chi connectivity index (χ1n) is 11.6. The van der Waals surface area contributed by atoms with Crippen molar-refractivity contribution in [1.29, 1.82) is 0 Å². The van der Waals surface area contributed by atoms with Crippen molar-refractivity contribution < 1.29 is 19.1 Å². The quantitative estimate of drug-likeness (QED) is 0.762. The van der Waals surface area contributed by atoms with E-state index in [0.29, 0.717) is 30.8 Å². The molecule has 6 nitrogen and oxygen atoms in total. The summed E-state index contributed by atoms with van der Waals surface area (Å²) in [6.45, 7) is 4.81. The van der Waals surface area contributed by atoms with E-state index in [-0.39, 0.29) is 17.5 Å². The Morgan fingerprint density at radius 1 is 1.23 bits per heavy atom. The molecule has 0 radical (unpaired) electrons. The van der Waals surface area contributed by atoms with Crippen LogP contribution in [0.5, 0.6) is 5.75 Å². The van der Waals surface area contributed by atoms with Gasteiger partial charge in [-0.15, -0.1) is 0 Å². The van der Waals surface area contributed by atoms with Crippen molar-refractivity contribution in [3.63, 3.8) is 0 Å². The number of carbonyl (C=O) groups is 1. The van der Waals surface area contributed by atoms with Crippen LogP contribution in [0.3, 0.4) is 0 Å². The second kappa shape index (κ2) is 7.66. The molecule has 2 aliphatic carbocycles. The van der Waals surface area contributed by atoms with Crippen molar-refractivity contribution >= 4 is 16.9 Å². The number of hydrogen-bond donors (Lipinski definition) is 1. The van der Waals surface area contributed by atoms with Gasteiger partial charge in [-0.05, 0) is 70.1 Å². The molecule has 1 N–H and O–H groups in total. The summed E-state index contributed by atoms with van der Waals surface area (Å²) in [5.41, 5.74) is 2.36. The second-order valence-electron chi connectivity index (χ2n) is 9.61. The molecule has 31 heavy (non-hydrogen) atoms. The number of rotatable bonds is 3. The minimum absolute atomic E-state index is 0.0532. The third kappa shape index (κ3) is 3.45. The molecule has 0 spiro atoms. The van der Waals surface area contributed by atoms with E-state index in [2.05, 4.69) is 0 Å². The Kier molecular flexibility index (Phi) is 5.08. The summed E-state index contributed by atoms with van der Waals surface area (Å²) < 4.78 is 11.7. The molecule has 1 aliphatic heterocycles. The molecule has 1 amide bonds. The van der Waals surface area contributed by atoms with Crippen LogP contribution in [0.4, 0.5) is 0 Å². The minimum atomic E-state index is -0.646. The maximum Gasteiger partial charge on any atom is 0.339 e. The van der Waals surface area contributed by atoms with E-state index in [4.69, 9.17) is 9.15 Å². The van der Waals surface area contributed by atoms with Gasteiger partial charge >= 0.3 is 5.63 Å². The number of amides is 1. The monoisotopic (exact) mass is 425 g/mol. The van der Waals surface area contributed by atoms with E-state index >= 15 is 0 Å². The first kappa shape index (κ1) is 20.6. The Morgan fingerprint density at radius 3 is 2.87 bits per heavy atom. The zero-order chi connectivity index (χ0) is 21.8. The molecule has 1 saturated carbocycles. The topological polar surface area (TPSA) is 80.0 Å². The maximum atomic E-state index is 13.1. The average molecular weight is 426 g/mol. The maximum absolute atomic E-state index is 13.1. The standard InChI is InChI=1S/C25H31NO5/c1-15-21(10-9-19-18-7-5-8-20(18)24(28)31-22(15)19)30-16(2)23(27)26-13-12-25(29)11-4-3-6-17(25)14-26/h9-10,16-17,29H,3-8,11-14H2,1-2H3. The van der Waals surface area contributed by atoms with Crippen LogP contribution in [-0.2, 0) is 17.6 Å². The van der Waals surface area contributed by atoms with Gasteiger partial charge in [-0.25, -0.2) is 4.79 Å². The molecule has 5 rings (SSSR count). The number of aryl methyl sites for hydroxylation is 2. The largest absolute Gasteiger partial charge is 0.480 e. The fraction of sp³-hybridized carbons (Fsp3) is 0.600. The summed E-state index contributed by atoms with van der Waals surface area (Å²) in [4.78, 5) is 27.3. The summed E-state index contributed by atoms with van der Waals surface area (Å²) in [5.74, 6) is 0.674. The molecule has 0 bridgehead atoms. The van der Waals surface area contributed by atoms with Gasteiger partial charge in [-0.2, -0.15) is 0 Å². The first-order valence-corrected chi connectivity index (χ1v) is 11.6. The van der Waals surface area contributed by atoms with Gasteiger partial charge < -0.3 is 19.2 Å². The van der Waals surface area contributed by atoms with Crippen LogP contribution in [-0.4, -0.2) is 40.7 Å². The van der Waals surface area contributed by atoms with Crippen LogP contribution in [0.1, 0.15) is 62.1 Å². The van der Waals surface area contributed by atoms with E-state index in [9.17, 15) is 14.7 Å². The van der Waals surface area contributed by atoms with E-state index < -0.39 is 11.7 Å². The Morgan fingerprint density at radius 2 is 2.03 bits per heavy atom. The fourth-order valence-electron chi connectivity index (χ4n) is 5.86. The highest BCUT2D eigenvalue weighted by atomic mass is 16.5. The summed E-state index contributed by atoms with van der Waals surface area (Å²) in [7, 11) is 0. The fourth-order valence-corrected chi connectivity index (χ4v) is 5.86. The van der Waals surface area contributed by atoms with Crippen LogP contribution in [0.25, 0.3) is 11.0 Å². The predicted octanol–water partition coefficient (Wildman–Crippen LogP) is 3.51. The number of hydrogen-bond acceptors (Lipinski definition) is 5. The third-order valence-electron chi connectivity index (χ3n) is 7.73. The lowest BCUT2D eigenvalue weighted by atomic mass is 9.71. The molecule has 2 heterocycles. The van der Waals surface area contributed by atoms with Crippen molar-refractivity contribution in [1.82, 2.24) is 4.90 Å². The molecule has 2 fully saturated rings. The van der Waals surface area contributed by atoms with Gasteiger partial charge in [0.1, 0.15) is 11.3 Å². The van der Waals surface area contributed by atoms with Gasteiger partial charge in [-0.1, -0.05) is 12.8 Å². The molecule has 3 unspecified atom stereocenters. The molecular formula is C25H31NO5. The van der Waals surface area contributed by atoms with Crippen LogP contribution in [0, 0.1) is 12.8 Å². The smallest absolute Gasteiger partial charge is 0.339 e. The van der Waals surface area contributed by atoms with Crippen molar-refractivity contribution in [2.75, 3.05) is 13.1 Å². The van der Waals surface area contributed by atoms with Gasteiger partial charge in [0.15, 0.2) is 6.10 Å². The van der Waals surface area contributed by atoms with Crippen molar-refractivity contribution in [2.45, 2.75) is 76.9 Å². The van der Waals surface area contributed by atoms with Gasteiger partial charge in [0.25, 0.3) is 5.91 Å². The second-order valence-corrected chi connectivity index (χ2v) is 9.61. The molecule has 3 aliphatic rings. The SMILES string of the molecule is Cc1c(OC(C)C(=O)N2CCC3(O)CCCCC3C2)ccc2c3c(c(=O)oc12)CCC3. The Labute approximate surface area is 182 Å². The molecule has 3 atom stereocenters. The Balaban J connectivity index is 1.35. The van der Waals surface area contributed by atoms with Crippen LogP contribution in [0.2, 0.25) is 0 Å². The third-order valence-corrected chi connectivity index (χ3v) is 7.73. The number of piperidine rings is 1. The van der Waals surface area contributed by atoms with E-state index in [1.165, 1.54) is 0 Å². The van der Waals surface area contributed by atoms with Gasteiger partial charge in [0.2, 0.25) is 0 Å². The normalized spacial score (nSPS) is 26.4. The van der Waals surface area contributed by atoms with Crippen LogP contribution < -0.4 is 10.4 Å². The first-order chi connectivity index (χ1) is 14.9.